The topological polar surface area (TPSA) is 174 Å². The molecular formula is C38H64N6O7S2. The van der Waals surface area contributed by atoms with Crippen LogP contribution in [0.25, 0.3) is 0 Å². The molecule has 15 heteroatoms. The lowest BCUT2D eigenvalue weighted by atomic mass is 9.84. The number of nitrogens with zero attached hydrogens (tertiary/aromatic N) is 2. The van der Waals surface area contributed by atoms with Gasteiger partial charge in [0, 0.05) is 31.7 Å². The monoisotopic (exact) mass is 780 g/mol. The summed E-state index contributed by atoms with van der Waals surface area (Å²) in [5.74, 6) is -2.77. The summed E-state index contributed by atoms with van der Waals surface area (Å²) in [4.78, 5) is 69.7. The van der Waals surface area contributed by atoms with Gasteiger partial charge >= 0.3 is 6.03 Å². The van der Waals surface area contributed by atoms with Crippen molar-refractivity contribution in [2.24, 2.45) is 22.7 Å². The molecule has 0 bridgehead atoms. The van der Waals surface area contributed by atoms with Gasteiger partial charge in [-0.05, 0) is 60.8 Å². The molecule has 1 aliphatic heterocycles. The molecule has 1 aliphatic rings. The molecule has 1 unspecified atom stereocenters. The quantitative estimate of drug-likeness (QED) is 0.124. The summed E-state index contributed by atoms with van der Waals surface area (Å²) >= 11 is 1.13. The van der Waals surface area contributed by atoms with Crippen LogP contribution >= 0.6 is 11.3 Å². The lowest BCUT2D eigenvalue weighted by Gasteiger charge is -2.39. The second-order valence-electron chi connectivity index (χ2n) is 16.7. The second kappa shape index (κ2) is 19.3. The van der Waals surface area contributed by atoms with E-state index in [1.54, 1.807) is 31.4 Å². The number of amides is 5. The molecule has 13 nitrogen and oxygen atoms in total. The predicted molar refractivity (Wildman–Crippen MR) is 210 cm³/mol. The molecule has 0 aliphatic carbocycles. The van der Waals surface area contributed by atoms with E-state index in [0.717, 1.165) is 17.8 Å². The van der Waals surface area contributed by atoms with Crippen LogP contribution in [-0.4, -0.2) is 97.0 Å². The van der Waals surface area contributed by atoms with Crippen LogP contribution in [0.4, 0.5) is 4.79 Å². The lowest BCUT2D eigenvalue weighted by molar-refractivity contribution is -0.144. The van der Waals surface area contributed by atoms with Gasteiger partial charge in [0.2, 0.25) is 17.6 Å². The first-order valence-electron chi connectivity index (χ1n) is 18.6. The summed E-state index contributed by atoms with van der Waals surface area (Å²) in [5, 5.41) is 12.8. The highest BCUT2D eigenvalue weighted by molar-refractivity contribution is 7.91. The van der Waals surface area contributed by atoms with Crippen molar-refractivity contribution in [1.82, 2.24) is 30.5 Å². The second-order valence-corrected chi connectivity index (χ2v) is 19.7. The smallest absolute Gasteiger partial charge is 0.315 e. The average molecular weight is 781 g/mol. The minimum absolute atomic E-state index is 0.00306. The van der Waals surface area contributed by atoms with Crippen molar-refractivity contribution in [3.05, 3.63) is 30.2 Å². The summed E-state index contributed by atoms with van der Waals surface area (Å²) in [5.41, 5.74) is -1.37. The zero-order valence-corrected chi connectivity index (χ0v) is 35.2. The number of hydrogen-bond donors (Lipinski definition) is 4. The Morgan fingerprint density at radius 1 is 1.02 bits per heavy atom. The molecule has 1 aromatic heterocycles. The summed E-state index contributed by atoms with van der Waals surface area (Å²) in [6.07, 6.45) is 3.60. The van der Waals surface area contributed by atoms with Crippen LogP contribution in [0.1, 0.15) is 102 Å². The molecule has 1 aromatic rings. The van der Waals surface area contributed by atoms with Crippen LogP contribution in [-0.2, 0) is 29.2 Å². The largest absolute Gasteiger partial charge is 0.346 e. The van der Waals surface area contributed by atoms with Gasteiger partial charge in [-0.3, -0.25) is 19.2 Å². The van der Waals surface area contributed by atoms with E-state index in [1.165, 1.54) is 15.3 Å². The van der Waals surface area contributed by atoms with Gasteiger partial charge in [0.15, 0.2) is 0 Å². The summed E-state index contributed by atoms with van der Waals surface area (Å²) in [6.45, 7) is 24.5. The number of hydrogen-bond acceptors (Lipinski definition) is 8. The Bertz CT molecular complexity index is 1530. The average Bonchev–Trinajstić information content (AvgIpc) is 3.76. The predicted octanol–water partition coefficient (Wildman–Crippen LogP) is 4.70. The van der Waals surface area contributed by atoms with Crippen molar-refractivity contribution in [3.63, 3.8) is 0 Å². The maximum atomic E-state index is 14.5. The molecule has 1 fully saturated rings. The number of nitrogens with one attached hydrogen (secondary N) is 4. The van der Waals surface area contributed by atoms with Gasteiger partial charge in [-0.1, -0.05) is 87.3 Å². The molecule has 0 spiro atoms. The standard InChI is InChI=1S/C38H64N6O7S2/c1-13-15-17-27(31(45)34(47)39-20-14-2)40-33(46)30-26(24(3)4)19-21-43(30)35(48)32(38(10,11)12)42-36(49)41-28(37(7,8)9)23-44(25(5)6)53(50,51)29-18-16-22-52-29/h14,16,18,22,24-28,30,32H,2,13,15,17,19-21,23H2,1,3-12H3,(H,39,47)(H,40,46)(H2,41,42,49)/t26-,27?,28-,30+,32-/m1/s1. The van der Waals surface area contributed by atoms with Gasteiger partial charge < -0.3 is 26.2 Å². The van der Waals surface area contributed by atoms with Crippen LogP contribution in [0.15, 0.2) is 34.4 Å². The number of carbonyl (C=O) groups excluding carboxylic acids is 5. The fourth-order valence-electron chi connectivity index (χ4n) is 6.42. The van der Waals surface area contributed by atoms with Gasteiger partial charge in [-0.15, -0.1) is 17.9 Å². The summed E-state index contributed by atoms with van der Waals surface area (Å²) in [6, 6.07) is -1.52. The molecule has 4 N–H and O–H groups in total. The number of sulfonamides is 1. The van der Waals surface area contributed by atoms with Gasteiger partial charge in [0.25, 0.3) is 15.9 Å². The van der Waals surface area contributed by atoms with Crippen LogP contribution in [0, 0.1) is 22.7 Å². The maximum Gasteiger partial charge on any atom is 0.315 e. The highest BCUT2D eigenvalue weighted by atomic mass is 32.2. The van der Waals surface area contributed by atoms with Gasteiger partial charge in [-0.25, -0.2) is 13.2 Å². The van der Waals surface area contributed by atoms with E-state index >= 15 is 0 Å². The number of carbonyl (C=O) groups is 5. The van der Waals surface area contributed by atoms with Crippen LogP contribution in [0.3, 0.4) is 0 Å². The Morgan fingerprint density at radius 3 is 2.15 bits per heavy atom. The molecule has 5 atom stereocenters. The van der Waals surface area contributed by atoms with E-state index in [0.29, 0.717) is 12.8 Å². The molecule has 1 saturated heterocycles. The number of likely N-dealkylation sites (tertiary alicyclic amines) is 1. The van der Waals surface area contributed by atoms with E-state index in [-0.39, 0.29) is 42.1 Å². The number of thiophene rings is 1. The molecule has 5 amide bonds. The molecule has 0 saturated carbocycles. The summed E-state index contributed by atoms with van der Waals surface area (Å²) in [7, 11) is -3.84. The van der Waals surface area contributed by atoms with E-state index in [4.69, 9.17) is 0 Å². The number of unbranched alkanes of at least 4 members (excludes halogenated alkanes) is 1. The number of Topliss-reactive ketones (excluding diaryl/α,β-unsaturated/α-hetero) is 1. The molecule has 53 heavy (non-hydrogen) atoms. The van der Waals surface area contributed by atoms with Crippen molar-refractivity contribution < 1.29 is 32.4 Å². The third kappa shape index (κ3) is 12.4. The van der Waals surface area contributed by atoms with E-state index < -0.39 is 80.6 Å². The zero-order valence-electron chi connectivity index (χ0n) is 33.6. The Morgan fingerprint density at radius 2 is 1.66 bits per heavy atom. The molecule has 300 valence electrons. The Labute approximate surface area is 321 Å². The first-order valence-corrected chi connectivity index (χ1v) is 21.0. The first kappa shape index (κ1) is 45.9. The molecule has 2 rings (SSSR count). The van der Waals surface area contributed by atoms with E-state index in [2.05, 4.69) is 27.8 Å². The maximum absolute atomic E-state index is 14.5. The number of rotatable bonds is 18. The molecule has 2 heterocycles. The highest BCUT2D eigenvalue weighted by Crippen LogP contribution is 2.34. The third-order valence-corrected chi connectivity index (χ3v) is 13.1. The van der Waals surface area contributed by atoms with E-state index in [1.807, 2.05) is 62.3 Å². The Hall–Kier alpha value is -3.30. The van der Waals surface area contributed by atoms with Crippen molar-refractivity contribution in [3.8, 4) is 0 Å². The lowest BCUT2D eigenvalue weighted by Crippen LogP contribution is -2.62. The first-order chi connectivity index (χ1) is 24.5. The van der Waals surface area contributed by atoms with Gasteiger partial charge in [-0.2, -0.15) is 4.31 Å². The Kier molecular flexibility index (Phi) is 16.7. The molecule has 0 aromatic carbocycles. The van der Waals surface area contributed by atoms with Crippen LogP contribution in [0.2, 0.25) is 0 Å². The number of ketones is 1. The fourth-order valence-corrected chi connectivity index (χ4v) is 9.19. The minimum atomic E-state index is -3.84. The van der Waals surface area contributed by atoms with E-state index in [9.17, 15) is 32.4 Å². The van der Waals surface area contributed by atoms with Gasteiger partial charge in [0.05, 0.1) is 6.04 Å². The van der Waals surface area contributed by atoms with Gasteiger partial charge in [0.1, 0.15) is 16.3 Å². The van der Waals surface area contributed by atoms with Crippen LogP contribution in [0.5, 0.6) is 0 Å². The SMILES string of the molecule is C=CCNC(=O)C(=O)C(CCCC)NC(=O)[C@@H]1[C@@H](C(C)C)CCN1C(=O)[C@@H](NC(=O)N[C@H](CN(C(C)C)S(=O)(=O)c1cccs1)C(C)(C)C)C(C)(C)C. The van der Waals surface area contributed by atoms with Crippen molar-refractivity contribution in [1.29, 1.82) is 0 Å². The van der Waals surface area contributed by atoms with Crippen molar-refractivity contribution in [2.75, 3.05) is 19.6 Å². The summed E-state index contributed by atoms with van der Waals surface area (Å²) < 4.78 is 28.8. The Balaban J connectivity index is 2.40. The highest BCUT2D eigenvalue weighted by Gasteiger charge is 2.48. The number of urea groups is 1. The zero-order chi connectivity index (χ0) is 40.5. The minimum Gasteiger partial charge on any atom is -0.346 e. The van der Waals surface area contributed by atoms with Crippen LogP contribution < -0.4 is 21.3 Å². The molecular weight excluding hydrogens is 717 g/mol. The van der Waals surface area contributed by atoms with Crippen molar-refractivity contribution in [2.45, 2.75) is 136 Å². The van der Waals surface area contributed by atoms with Crippen molar-refractivity contribution >= 4 is 50.9 Å². The third-order valence-electron chi connectivity index (χ3n) is 9.70. The normalized spacial score (nSPS) is 18.4. The molecule has 0 radical (unpaired) electrons. The fraction of sp³-hybridized carbons (Fsp3) is 0.711.